The molecule has 0 radical (unpaired) electrons. The lowest BCUT2D eigenvalue weighted by Crippen LogP contribution is -2.19. The summed E-state index contributed by atoms with van der Waals surface area (Å²) in [6.07, 6.45) is 2.78. The Balaban J connectivity index is 1.61. The van der Waals surface area contributed by atoms with Crippen LogP contribution in [-0.4, -0.2) is 43.6 Å². The van der Waals surface area contributed by atoms with E-state index in [0.717, 1.165) is 35.5 Å². The summed E-state index contributed by atoms with van der Waals surface area (Å²) in [5.41, 5.74) is 1.98. The van der Waals surface area contributed by atoms with Crippen molar-refractivity contribution in [3.05, 3.63) is 46.4 Å². The molecule has 3 rings (SSSR count). The minimum atomic E-state index is -0.594. The number of amidine groups is 1. The van der Waals surface area contributed by atoms with E-state index in [2.05, 4.69) is 25.6 Å². The number of esters is 1. The van der Waals surface area contributed by atoms with Gasteiger partial charge in [0.25, 0.3) is 5.91 Å². The van der Waals surface area contributed by atoms with E-state index >= 15 is 0 Å². The zero-order chi connectivity index (χ0) is 17.6. The van der Waals surface area contributed by atoms with Gasteiger partial charge >= 0.3 is 5.97 Å². The molecule has 0 spiro atoms. The lowest BCUT2D eigenvalue weighted by molar-refractivity contribution is -0.135. The largest absolute Gasteiger partial charge is 0.466 e. The smallest absolute Gasteiger partial charge is 0.331 e. The van der Waals surface area contributed by atoms with Crippen molar-refractivity contribution in [2.45, 2.75) is 6.10 Å². The van der Waals surface area contributed by atoms with Gasteiger partial charge in [-0.25, -0.2) is 4.79 Å². The number of methoxy groups -OCH3 is 1. The van der Waals surface area contributed by atoms with Gasteiger partial charge in [0.05, 0.1) is 31.1 Å². The van der Waals surface area contributed by atoms with E-state index in [1.165, 1.54) is 7.11 Å². The van der Waals surface area contributed by atoms with Gasteiger partial charge in [0.15, 0.2) is 5.17 Å². The molecule has 0 saturated carbocycles. The Hall–Kier alpha value is -2.49. The zero-order valence-electron chi connectivity index (χ0n) is 13.4. The number of hydrogen-bond donors (Lipinski definition) is 2. The molecule has 9 heteroatoms. The number of carbonyl (C=O) groups excluding carboxylic acids is 2. The van der Waals surface area contributed by atoms with Crippen LogP contribution in [0.25, 0.3) is 0 Å². The quantitative estimate of drug-likeness (QED) is 0.358. The molecule has 1 unspecified atom stereocenters. The molecule has 0 bridgehead atoms. The van der Waals surface area contributed by atoms with Crippen molar-refractivity contribution in [1.82, 2.24) is 10.6 Å². The highest BCUT2D eigenvalue weighted by atomic mass is 32.2. The Morgan fingerprint density at radius 2 is 2.20 bits per heavy atom. The fourth-order valence-corrected chi connectivity index (χ4v) is 2.95. The summed E-state index contributed by atoms with van der Waals surface area (Å²) >= 11 is 1.03. The molecule has 2 N–H and O–H groups in total. The average molecular weight is 360 g/mol. The first-order valence-electron chi connectivity index (χ1n) is 7.48. The standard InChI is InChI=1S/C16H16N4O4S/c1-23-14(21)6-13-15(22)19-16(25-13)20-18-7-10-2-4-11(5-3-10)12-8-17-9-24-12/h2-7,12,17H,8-9H2,1H3,(H,19,20,22)/b13-6+,18-7?. The van der Waals surface area contributed by atoms with Gasteiger partial charge in [-0.3, -0.25) is 15.4 Å². The molecule has 2 aliphatic rings. The maximum absolute atomic E-state index is 11.7. The number of nitrogens with one attached hydrogen (secondary N) is 2. The second-order valence-electron chi connectivity index (χ2n) is 5.16. The van der Waals surface area contributed by atoms with Gasteiger partial charge in [-0.05, 0) is 22.9 Å². The third-order valence-corrected chi connectivity index (χ3v) is 4.38. The summed E-state index contributed by atoms with van der Waals surface area (Å²) in [6, 6.07) is 7.80. The number of benzene rings is 1. The van der Waals surface area contributed by atoms with Gasteiger partial charge in [-0.1, -0.05) is 24.3 Å². The van der Waals surface area contributed by atoms with Crippen molar-refractivity contribution in [1.29, 1.82) is 0 Å². The molecule has 8 nitrogen and oxygen atoms in total. The van der Waals surface area contributed by atoms with Gasteiger partial charge in [-0.15, -0.1) is 5.10 Å². The SMILES string of the molecule is COC(=O)/C=C1/S/C(=N\N=Cc2ccc(C3CNCO3)cc2)NC1=O. The summed E-state index contributed by atoms with van der Waals surface area (Å²) < 4.78 is 10.0. The molecule has 1 atom stereocenters. The molecule has 2 saturated heterocycles. The summed E-state index contributed by atoms with van der Waals surface area (Å²) in [6.45, 7) is 1.38. The number of amides is 1. The fraction of sp³-hybridized carbons (Fsp3) is 0.250. The minimum Gasteiger partial charge on any atom is -0.466 e. The van der Waals surface area contributed by atoms with Crippen LogP contribution < -0.4 is 10.6 Å². The van der Waals surface area contributed by atoms with Crippen LogP contribution in [0.15, 0.2) is 45.4 Å². The topological polar surface area (TPSA) is 101 Å². The molecular formula is C16H16N4O4S. The molecule has 2 heterocycles. The summed E-state index contributed by atoms with van der Waals surface area (Å²) in [5.74, 6) is -0.997. The summed E-state index contributed by atoms with van der Waals surface area (Å²) in [7, 11) is 1.25. The Labute approximate surface area is 148 Å². The van der Waals surface area contributed by atoms with E-state index in [4.69, 9.17) is 4.74 Å². The lowest BCUT2D eigenvalue weighted by Gasteiger charge is -2.08. The van der Waals surface area contributed by atoms with Crippen molar-refractivity contribution in [2.24, 2.45) is 10.2 Å². The maximum atomic E-state index is 11.7. The first kappa shape index (κ1) is 17.3. The lowest BCUT2D eigenvalue weighted by atomic mass is 10.1. The Kier molecular flexibility index (Phi) is 5.59. The first-order chi connectivity index (χ1) is 12.2. The van der Waals surface area contributed by atoms with Crippen molar-refractivity contribution in [3.63, 3.8) is 0 Å². The molecule has 25 heavy (non-hydrogen) atoms. The normalized spacial score (nSPS) is 23.6. The second-order valence-corrected chi connectivity index (χ2v) is 6.19. The Morgan fingerprint density at radius 3 is 2.88 bits per heavy atom. The van der Waals surface area contributed by atoms with E-state index in [0.29, 0.717) is 11.9 Å². The molecule has 2 fully saturated rings. The number of nitrogens with zero attached hydrogens (tertiary/aromatic N) is 2. The Bertz CT molecular complexity index is 752. The summed E-state index contributed by atoms with van der Waals surface area (Å²) in [5, 5.41) is 13.9. The number of thioether (sulfide) groups is 1. The molecule has 0 aromatic heterocycles. The highest BCUT2D eigenvalue weighted by molar-refractivity contribution is 8.18. The zero-order valence-corrected chi connectivity index (χ0v) is 14.2. The molecule has 130 valence electrons. The van der Waals surface area contributed by atoms with Gasteiger partial charge < -0.3 is 9.47 Å². The van der Waals surface area contributed by atoms with Gasteiger partial charge in [-0.2, -0.15) is 5.10 Å². The van der Waals surface area contributed by atoms with Crippen LogP contribution in [0.2, 0.25) is 0 Å². The van der Waals surface area contributed by atoms with Crippen molar-refractivity contribution in [3.8, 4) is 0 Å². The predicted molar refractivity (Wildman–Crippen MR) is 94.0 cm³/mol. The van der Waals surface area contributed by atoms with Crippen LogP contribution in [-0.2, 0) is 19.1 Å². The van der Waals surface area contributed by atoms with Crippen molar-refractivity contribution >= 4 is 35.0 Å². The van der Waals surface area contributed by atoms with Crippen LogP contribution in [0.5, 0.6) is 0 Å². The minimum absolute atomic E-state index is 0.0800. The van der Waals surface area contributed by atoms with E-state index in [1.807, 2.05) is 24.3 Å². The fourth-order valence-electron chi connectivity index (χ4n) is 2.21. The van der Waals surface area contributed by atoms with Crippen molar-refractivity contribution < 1.29 is 19.1 Å². The number of hydrogen-bond acceptors (Lipinski definition) is 8. The maximum Gasteiger partial charge on any atom is 0.331 e. The second kappa shape index (κ2) is 8.06. The predicted octanol–water partition coefficient (Wildman–Crippen LogP) is 0.915. The van der Waals surface area contributed by atoms with Crippen LogP contribution in [0.1, 0.15) is 17.2 Å². The number of carbonyl (C=O) groups is 2. The highest BCUT2D eigenvalue weighted by Crippen LogP contribution is 2.23. The van der Waals surface area contributed by atoms with Gasteiger partial charge in [0.2, 0.25) is 0 Å². The van der Waals surface area contributed by atoms with Crippen LogP contribution in [0.4, 0.5) is 0 Å². The van der Waals surface area contributed by atoms with E-state index in [9.17, 15) is 9.59 Å². The van der Waals surface area contributed by atoms with E-state index in [-0.39, 0.29) is 11.0 Å². The van der Waals surface area contributed by atoms with E-state index in [1.54, 1.807) is 6.21 Å². The summed E-state index contributed by atoms with van der Waals surface area (Å²) in [4.78, 5) is 23.1. The average Bonchev–Trinajstić information content (AvgIpc) is 3.26. The molecule has 1 aromatic rings. The third kappa shape index (κ3) is 4.53. The van der Waals surface area contributed by atoms with E-state index < -0.39 is 11.9 Å². The number of rotatable bonds is 4. The monoisotopic (exact) mass is 360 g/mol. The molecular weight excluding hydrogens is 344 g/mol. The van der Waals surface area contributed by atoms with Crippen LogP contribution in [0, 0.1) is 0 Å². The van der Waals surface area contributed by atoms with Gasteiger partial charge in [0, 0.05) is 12.6 Å². The van der Waals surface area contributed by atoms with Crippen LogP contribution in [0.3, 0.4) is 0 Å². The number of ether oxygens (including phenoxy) is 2. The Morgan fingerprint density at radius 1 is 1.40 bits per heavy atom. The molecule has 1 amide bonds. The third-order valence-electron chi connectivity index (χ3n) is 3.48. The molecule has 1 aromatic carbocycles. The highest BCUT2D eigenvalue weighted by Gasteiger charge is 2.25. The molecule has 0 aliphatic carbocycles. The van der Waals surface area contributed by atoms with Crippen molar-refractivity contribution in [2.75, 3.05) is 20.4 Å². The molecule has 2 aliphatic heterocycles. The first-order valence-corrected chi connectivity index (χ1v) is 8.29. The van der Waals surface area contributed by atoms with Crippen LogP contribution >= 0.6 is 11.8 Å². The van der Waals surface area contributed by atoms with Gasteiger partial charge in [0.1, 0.15) is 0 Å².